The maximum atomic E-state index is 11.7. The number of thiophene rings is 1. The number of allylic oxidation sites excluding steroid dienone is 2. The van der Waals surface area contributed by atoms with E-state index >= 15 is 0 Å². The summed E-state index contributed by atoms with van der Waals surface area (Å²) in [7, 11) is -1.86. The van der Waals surface area contributed by atoms with Gasteiger partial charge in [0.25, 0.3) is 0 Å². The minimum Gasteiger partial charge on any atom is -0.512 e. The van der Waals surface area contributed by atoms with Crippen molar-refractivity contribution in [2.45, 2.75) is 139 Å². The van der Waals surface area contributed by atoms with Gasteiger partial charge in [0.1, 0.15) is 7.67 Å². The summed E-state index contributed by atoms with van der Waals surface area (Å²) in [4.78, 5) is 21.3. The first-order valence-corrected chi connectivity index (χ1v) is 24.4. The molecule has 0 spiro atoms. The number of carbonyl (C=O) groups excluding carboxylic acids is 1. The number of ketones is 1. The Morgan fingerprint density at radius 3 is 1.91 bits per heavy atom. The Bertz CT molecular complexity index is 2100. The van der Waals surface area contributed by atoms with Crippen molar-refractivity contribution in [2.75, 3.05) is 0 Å². The van der Waals surface area contributed by atoms with Gasteiger partial charge in [-0.3, -0.25) is 9.78 Å². The van der Waals surface area contributed by atoms with Crippen LogP contribution in [0.15, 0.2) is 66.7 Å². The quantitative estimate of drug-likeness (QED) is 0.0491. The van der Waals surface area contributed by atoms with Crippen molar-refractivity contribution in [1.82, 2.24) is 9.97 Å². The fourth-order valence-electron chi connectivity index (χ4n) is 8.84. The van der Waals surface area contributed by atoms with Crippen LogP contribution in [0.25, 0.3) is 42.3 Å². The van der Waals surface area contributed by atoms with Gasteiger partial charge in [0.2, 0.25) is 0 Å². The van der Waals surface area contributed by atoms with Crippen molar-refractivity contribution in [3.8, 4) is 11.3 Å². The zero-order valence-electron chi connectivity index (χ0n) is 37.5. The van der Waals surface area contributed by atoms with Crippen molar-refractivity contribution in [3.05, 3.63) is 78.3 Å². The molecule has 0 aliphatic rings. The first kappa shape index (κ1) is 46.0. The first-order chi connectivity index (χ1) is 26.4. The molecule has 0 fully saturated rings. The molecule has 56 heavy (non-hydrogen) atoms. The van der Waals surface area contributed by atoms with E-state index in [0.717, 1.165) is 52.5 Å². The number of benzene rings is 3. The van der Waals surface area contributed by atoms with Crippen LogP contribution in [-0.4, -0.2) is 28.9 Å². The van der Waals surface area contributed by atoms with Crippen LogP contribution in [0, 0.1) is 35.7 Å². The van der Waals surface area contributed by atoms with Crippen molar-refractivity contribution >= 4 is 61.5 Å². The van der Waals surface area contributed by atoms with Crippen LogP contribution in [0.1, 0.15) is 123 Å². The summed E-state index contributed by atoms with van der Waals surface area (Å²) in [6.07, 6.45) is 4.98. The fraction of sp³-hybridized carbons (Fsp3) is 0.531. The second-order valence-corrected chi connectivity index (χ2v) is 23.4. The Balaban J connectivity index is 0.000000464. The number of aliphatic hydroxyl groups is 1. The van der Waals surface area contributed by atoms with Gasteiger partial charge < -0.3 is 5.11 Å². The Kier molecular flexibility index (Phi) is 17.1. The molecule has 307 valence electrons. The monoisotopic (exact) mass is 971 g/mol. The van der Waals surface area contributed by atoms with E-state index in [1.807, 2.05) is 39.0 Å². The zero-order chi connectivity index (χ0) is 41.5. The maximum absolute atomic E-state index is 11.7. The van der Waals surface area contributed by atoms with Crippen molar-refractivity contribution in [3.63, 3.8) is 0 Å². The van der Waals surface area contributed by atoms with Gasteiger partial charge in [-0.15, -0.1) is 40.5 Å². The van der Waals surface area contributed by atoms with Crippen LogP contribution < -0.4 is 5.19 Å². The average molecular weight is 971 g/mol. The normalized spacial score (nSPS) is 13.0. The van der Waals surface area contributed by atoms with E-state index in [4.69, 9.17) is 11.3 Å². The maximum Gasteiger partial charge on any atom is 0.162 e. The molecule has 5 rings (SSSR count). The molecule has 1 N–H and O–H groups in total. The third kappa shape index (κ3) is 11.3. The Hall–Kier alpha value is -2.70. The Morgan fingerprint density at radius 2 is 1.38 bits per heavy atom. The molecule has 2 aromatic heterocycles. The molecule has 4 nitrogen and oxygen atoms in total. The van der Waals surface area contributed by atoms with E-state index in [1.165, 1.54) is 45.2 Å². The largest absolute Gasteiger partial charge is 0.512 e. The van der Waals surface area contributed by atoms with Gasteiger partial charge in [-0.25, -0.2) is 4.98 Å². The van der Waals surface area contributed by atoms with Gasteiger partial charge in [-0.2, -0.15) is 0 Å². The number of aromatic nitrogens is 2. The summed E-state index contributed by atoms with van der Waals surface area (Å²) in [5.74, 6) is 2.51. The third-order valence-electron chi connectivity index (χ3n) is 11.1. The average Bonchev–Trinajstić information content (AvgIpc) is 3.49. The van der Waals surface area contributed by atoms with E-state index in [-0.39, 0.29) is 55.2 Å². The molecule has 0 aliphatic heterocycles. The van der Waals surface area contributed by atoms with E-state index < -0.39 is 8.07 Å². The predicted octanol–water partition coefficient (Wildman–Crippen LogP) is 14.3. The SMILES string of the molecule is CCC(CC)C(=O)/C=C(\O)C(CC)CC.[2H]c1nc(-c2[c-]c3ccccc3c(C(C)(C)C)c2)c2sc3c([Si](CC(C)C)(CC(C)C)CC(C)C)cccc3c2n1.[Ir]. The fourth-order valence-corrected chi connectivity index (χ4v) is 17.7. The molecule has 0 saturated heterocycles. The minimum atomic E-state index is -1.86. The number of hydrogen-bond acceptors (Lipinski definition) is 5. The van der Waals surface area contributed by atoms with Crippen LogP contribution in [0.4, 0.5) is 0 Å². The Morgan fingerprint density at radius 1 is 0.821 bits per heavy atom. The van der Waals surface area contributed by atoms with Crippen molar-refractivity contribution < 1.29 is 31.4 Å². The molecule has 0 unspecified atom stereocenters. The van der Waals surface area contributed by atoms with Crippen LogP contribution in [0.3, 0.4) is 0 Å². The number of nitrogens with zero attached hydrogens (tertiary/aromatic N) is 2. The topological polar surface area (TPSA) is 63.1 Å². The standard InChI is InChI=1S/C36H45N2SSi.C13H24O2.Ir/c1-23(2)19-40(20-24(3)4,21-25(5)6)31-16-12-15-29-33-35(39-34(29)31)32(37-22-38-33)27-17-26-13-10-11-14-28(26)30(18-27)36(7,8)9;1-5-10(6-2)12(14)9-13(15)11(7-3)8-4;/h10-16,18,22-25H,19-21H2,1-9H3;9-11,14H,5-8H2,1-4H3;/q-1;;/b;12-9-;/i22D;;. The molecule has 3 aromatic carbocycles. The first-order valence-electron chi connectivity index (χ1n) is 21.5. The number of aliphatic hydroxyl groups excluding tert-OH is 1. The van der Waals surface area contributed by atoms with Crippen LogP contribution in [-0.2, 0) is 30.3 Å². The summed E-state index contributed by atoms with van der Waals surface area (Å²) < 4.78 is 11.1. The van der Waals surface area contributed by atoms with E-state index in [1.54, 1.807) is 5.19 Å². The molecule has 0 atom stereocenters. The van der Waals surface area contributed by atoms with E-state index in [9.17, 15) is 9.90 Å². The molecule has 0 amide bonds. The second-order valence-electron chi connectivity index (χ2n) is 18.1. The smallest absolute Gasteiger partial charge is 0.162 e. The van der Waals surface area contributed by atoms with E-state index in [0.29, 0.717) is 17.8 Å². The van der Waals surface area contributed by atoms with Crippen LogP contribution in [0.2, 0.25) is 18.1 Å². The molecule has 1 radical (unpaired) electrons. The number of hydrogen-bond donors (Lipinski definition) is 1. The van der Waals surface area contributed by atoms with Crippen molar-refractivity contribution in [2.24, 2.45) is 29.6 Å². The second kappa shape index (κ2) is 20.8. The van der Waals surface area contributed by atoms with E-state index in [2.05, 4.69) is 117 Å². The third-order valence-corrected chi connectivity index (χ3v) is 18.9. The van der Waals surface area contributed by atoms with Gasteiger partial charge in [-0.1, -0.05) is 155 Å². The van der Waals surface area contributed by atoms with Crippen molar-refractivity contribution in [1.29, 1.82) is 0 Å². The summed E-state index contributed by atoms with van der Waals surface area (Å²) in [6, 6.07) is 25.2. The molecule has 0 bridgehead atoms. The van der Waals surface area contributed by atoms with Gasteiger partial charge in [0.15, 0.2) is 5.78 Å². The molecule has 7 heteroatoms. The van der Waals surface area contributed by atoms with Gasteiger partial charge in [0.05, 0.1) is 19.3 Å². The molecule has 0 saturated carbocycles. The zero-order valence-corrected chi connectivity index (χ0v) is 40.7. The van der Waals surface area contributed by atoms with Gasteiger partial charge in [-0.05, 0) is 54.0 Å². The van der Waals surface area contributed by atoms with Crippen LogP contribution >= 0.6 is 11.3 Å². The molecular formula is C49H69IrN2O2SSi-. The summed E-state index contributed by atoms with van der Waals surface area (Å²) >= 11 is 1.85. The number of fused-ring (bicyclic) bond motifs is 4. The number of carbonyl (C=O) groups is 1. The van der Waals surface area contributed by atoms with Gasteiger partial charge >= 0.3 is 0 Å². The number of rotatable bonds is 15. The summed E-state index contributed by atoms with van der Waals surface area (Å²) in [6.45, 7) is 29.2. The summed E-state index contributed by atoms with van der Waals surface area (Å²) in [5.41, 5.74) is 3.95. The molecule has 0 aliphatic carbocycles. The molecule has 5 aromatic rings. The minimum absolute atomic E-state index is 0. The van der Waals surface area contributed by atoms with Gasteiger partial charge in [0, 0.05) is 58.5 Å². The van der Waals surface area contributed by atoms with Crippen LogP contribution in [0.5, 0.6) is 0 Å². The summed E-state index contributed by atoms with van der Waals surface area (Å²) in [5, 5.41) is 14.8. The molecule has 2 heterocycles. The predicted molar refractivity (Wildman–Crippen MR) is 244 cm³/mol. The molecular weight excluding hydrogens is 901 g/mol. The Labute approximate surface area is 359 Å².